The summed E-state index contributed by atoms with van der Waals surface area (Å²) < 4.78 is 0. The van der Waals surface area contributed by atoms with Crippen LogP contribution in [0.2, 0.25) is 0 Å². The average Bonchev–Trinajstić information content (AvgIpc) is 3.20. The molecule has 146 valence electrons. The molecule has 4 rings (SSSR count). The van der Waals surface area contributed by atoms with Crippen LogP contribution in [0.5, 0.6) is 0 Å². The Balaban J connectivity index is 1.14. The van der Waals surface area contributed by atoms with E-state index in [-0.39, 0.29) is 0 Å². The van der Waals surface area contributed by atoms with Crippen molar-refractivity contribution in [2.24, 2.45) is 0 Å². The maximum atomic E-state index is 4.60. The molecule has 0 aliphatic carbocycles. The van der Waals surface area contributed by atoms with Gasteiger partial charge in [0.25, 0.3) is 0 Å². The standard InChI is InChI=1S/C21H26N6S/c1-2-7-18(8-3-1)17-19-23-21(25-24-19)28-16-6-11-26-12-14-27(15-13-26)20-9-4-5-10-22-20/h1-5,7-10H,6,11-17H2,(H,23,24,25). The van der Waals surface area contributed by atoms with Crippen molar-refractivity contribution in [3.63, 3.8) is 0 Å². The van der Waals surface area contributed by atoms with Crippen LogP contribution in [0.15, 0.2) is 59.9 Å². The molecule has 0 bridgehead atoms. The van der Waals surface area contributed by atoms with E-state index in [1.165, 1.54) is 5.56 Å². The number of piperazine rings is 1. The average molecular weight is 395 g/mol. The van der Waals surface area contributed by atoms with Crippen LogP contribution in [0.3, 0.4) is 0 Å². The van der Waals surface area contributed by atoms with Gasteiger partial charge in [-0.05, 0) is 30.7 Å². The number of hydrogen-bond donors (Lipinski definition) is 1. The van der Waals surface area contributed by atoms with Crippen LogP contribution >= 0.6 is 11.8 Å². The summed E-state index contributed by atoms with van der Waals surface area (Å²) in [5.41, 5.74) is 1.25. The fourth-order valence-electron chi connectivity index (χ4n) is 3.40. The van der Waals surface area contributed by atoms with Crippen LogP contribution in [-0.2, 0) is 6.42 Å². The SMILES string of the molecule is c1ccc(Cc2nc(SCCCN3CCN(c4ccccn4)CC3)n[nH]2)cc1. The molecule has 2 aromatic heterocycles. The normalized spacial score (nSPS) is 15.1. The quantitative estimate of drug-likeness (QED) is 0.468. The first-order chi connectivity index (χ1) is 13.9. The first kappa shape index (κ1) is 19.0. The van der Waals surface area contributed by atoms with Crippen LogP contribution in [0.25, 0.3) is 0 Å². The Kier molecular flexibility index (Phi) is 6.57. The molecule has 1 aromatic carbocycles. The number of aromatic amines is 1. The number of rotatable bonds is 8. The van der Waals surface area contributed by atoms with E-state index in [1.54, 1.807) is 11.8 Å². The van der Waals surface area contributed by atoms with Gasteiger partial charge in [0.15, 0.2) is 0 Å². The van der Waals surface area contributed by atoms with Crippen LogP contribution < -0.4 is 4.90 Å². The molecule has 0 saturated carbocycles. The number of thioether (sulfide) groups is 1. The Labute approximate surface area is 170 Å². The van der Waals surface area contributed by atoms with Crippen molar-refractivity contribution in [1.29, 1.82) is 0 Å². The summed E-state index contributed by atoms with van der Waals surface area (Å²) in [6.07, 6.45) is 3.82. The van der Waals surface area contributed by atoms with E-state index in [0.29, 0.717) is 0 Å². The molecule has 0 atom stereocenters. The maximum absolute atomic E-state index is 4.60. The zero-order chi connectivity index (χ0) is 19.0. The van der Waals surface area contributed by atoms with E-state index in [9.17, 15) is 0 Å². The first-order valence-electron chi connectivity index (χ1n) is 9.83. The minimum atomic E-state index is 0.801. The monoisotopic (exact) mass is 394 g/mol. The predicted molar refractivity (Wildman–Crippen MR) is 114 cm³/mol. The third-order valence-electron chi connectivity index (χ3n) is 4.92. The predicted octanol–water partition coefficient (Wildman–Crippen LogP) is 3.09. The molecule has 3 heterocycles. The van der Waals surface area contributed by atoms with Gasteiger partial charge in [-0.25, -0.2) is 9.97 Å². The smallest absolute Gasteiger partial charge is 0.208 e. The fraction of sp³-hybridized carbons (Fsp3) is 0.381. The Bertz CT molecular complexity index is 830. The number of anilines is 1. The molecule has 1 saturated heterocycles. The Morgan fingerprint density at radius 1 is 0.964 bits per heavy atom. The van der Waals surface area contributed by atoms with Crippen molar-refractivity contribution in [2.75, 3.05) is 43.4 Å². The van der Waals surface area contributed by atoms with E-state index >= 15 is 0 Å². The van der Waals surface area contributed by atoms with Gasteiger partial charge in [-0.2, -0.15) is 0 Å². The lowest BCUT2D eigenvalue weighted by atomic mass is 10.1. The van der Waals surface area contributed by atoms with Crippen LogP contribution in [-0.4, -0.2) is 63.5 Å². The molecule has 0 radical (unpaired) electrons. The molecule has 1 aliphatic heterocycles. The largest absolute Gasteiger partial charge is 0.354 e. The lowest BCUT2D eigenvalue weighted by Crippen LogP contribution is -2.47. The van der Waals surface area contributed by atoms with E-state index < -0.39 is 0 Å². The summed E-state index contributed by atoms with van der Waals surface area (Å²) in [4.78, 5) is 14.0. The molecule has 28 heavy (non-hydrogen) atoms. The maximum Gasteiger partial charge on any atom is 0.208 e. The lowest BCUT2D eigenvalue weighted by Gasteiger charge is -2.35. The molecule has 1 aliphatic rings. The Hall–Kier alpha value is -2.38. The van der Waals surface area contributed by atoms with Crippen molar-refractivity contribution in [3.05, 3.63) is 66.1 Å². The van der Waals surface area contributed by atoms with Gasteiger partial charge in [0, 0.05) is 44.5 Å². The van der Waals surface area contributed by atoms with Gasteiger partial charge in [0.2, 0.25) is 5.16 Å². The zero-order valence-corrected chi connectivity index (χ0v) is 16.8. The number of benzene rings is 1. The van der Waals surface area contributed by atoms with Gasteiger partial charge in [-0.1, -0.05) is 48.2 Å². The summed E-state index contributed by atoms with van der Waals surface area (Å²) in [7, 11) is 0. The van der Waals surface area contributed by atoms with Gasteiger partial charge < -0.3 is 4.90 Å². The number of nitrogens with one attached hydrogen (secondary N) is 1. The zero-order valence-electron chi connectivity index (χ0n) is 16.0. The molecule has 0 unspecified atom stereocenters. The number of aromatic nitrogens is 4. The van der Waals surface area contributed by atoms with Crippen molar-refractivity contribution in [3.8, 4) is 0 Å². The highest BCUT2D eigenvalue weighted by atomic mass is 32.2. The van der Waals surface area contributed by atoms with E-state index in [1.807, 2.05) is 18.3 Å². The highest BCUT2D eigenvalue weighted by Crippen LogP contribution is 2.16. The second-order valence-electron chi connectivity index (χ2n) is 6.95. The first-order valence-corrected chi connectivity index (χ1v) is 10.8. The third-order valence-corrected chi connectivity index (χ3v) is 5.85. The van der Waals surface area contributed by atoms with Crippen molar-refractivity contribution >= 4 is 17.6 Å². The summed E-state index contributed by atoms with van der Waals surface area (Å²) in [6, 6.07) is 16.5. The van der Waals surface area contributed by atoms with Gasteiger partial charge in [-0.3, -0.25) is 10.00 Å². The highest BCUT2D eigenvalue weighted by molar-refractivity contribution is 7.99. The van der Waals surface area contributed by atoms with Crippen LogP contribution in [0, 0.1) is 0 Å². The molecule has 6 nitrogen and oxygen atoms in total. The third kappa shape index (κ3) is 5.33. The van der Waals surface area contributed by atoms with Crippen LogP contribution in [0.4, 0.5) is 5.82 Å². The second-order valence-corrected chi connectivity index (χ2v) is 8.01. The van der Waals surface area contributed by atoms with Crippen molar-refractivity contribution in [2.45, 2.75) is 18.0 Å². The molecule has 7 heteroatoms. The Morgan fingerprint density at radius 3 is 2.57 bits per heavy atom. The fourth-order valence-corrected chi connectivity index (χ4v) is 4.14. The van der Waals surface area contributed by atoms with Crippen molar-refractivity contribution < 1.29 is 0 Å². The molecular weight excluding hydrogens is 368 g/mol. The number of H-pyrrole nitrogens is 1. The van der Waals surface area contributed by atoms with Gasteiger partial charge >= 0.3 is 0 Å². The minimum absolute atomic E-state index is 0.801. The van der Waals surface area contributed by atoms with E-state index in [2.05, 4.69) is 66.4 Å². The van der Waals surface area contributed by atoms with E-state index in [0.717, 1.165) is 68.1 Å². The van der Waals surface area contributed by atoms with Gasteiger partial charge in [-0.15, -0.1) is 5.10 Å². The second kappa shape index (κ2) is 9.71. The summed E-state index contributed by atoms with van der Waals surface area (Å²) in [5, 5.41) is 8.25. The molecular formula is C21H26N6S. The van der Waals surface area contributed by atoms with Crippen molar-refractivity contribution in [1.82, 2.24) is 25.1 Å². The van der Waals surface area contributed by atoms with Gasteiger partial charge in [0.05, 0.1) is 0 Å². The van der Waals surface area contributed by atoms with Gasteiger partial charge in [0.1, 0.15) is 11.6 Å². The lowest BCUT2D eigenvalue weighted by molar-refractivity contribution is 0.258. The Morgan fingerprint density at radius 2 is 1.79 bits per heavy atom. The summed E-state index contributed by atoms with van der Waals surface area (Å²) in [5.74, 6) is 3.07. The molecule has 1 fully saturated rings. The summed E-state index contributed by atoms with van der Waals surface area (Å²) in [6.45, 7) is 5.43. The number of hydrogen-bond acceptors (Lipinski definition) is 6. The number of nitrogens with zero attached hydrogens (tertiary/aromatic N) is 5. The highest BCUT2D eigenvalue weighted by Gasteiger charge is 2.17. The topological polar surface area (TPSA) is 60.9 Å². The van der Waals surface area contributed by atoms with Crippen LogP contribution in [0.1, 0.15) is 17.8 Å². The number of pyridine rings is 1. The summed E-state index contributed by atoms with van der Waals surface area (Å²) >= 11 is 1.74. The molecule has 3 aromatic rings. The van der Waals surface area contributed by atoms with E-state index in [4.69, 9.17) is 0 Å². The molecule has 0 spiro atoms. The molecule has 0 amide bonds. The molecule has 1 N–H and O–H groups in total. The minimum Gasteiger partial charge on any atom is -0.354 e.